The predicted molar refractivity (Wildman–Crippen MR) is 48.8 cm³/mol. The van der Waals surface area contributed by atoms with Crippen LogP contribution < -0.4 is 5.73 Å². The van der Waals surface area contributed by atoms with Crippen molar-refractivity contribution in [3.8, 4) is 0 Å². The van der Waals surface area contributed by atoms with Gasteiger partial charge >= 0.3 is 5.97 Å². The summed E-state index contributed by atoms with van der Waals surface area (Å²) < 4.78 is 0. The summed E-state index contributed by atoms with van der Waals surface area (Å²) in [4.78, 5) is 23.0. The lowest BCUT2D eigenvalue weighted by Crippen LogP contribution is -2.44. The lowest BCUT2D eigenvalue weighted by molar-refractivity contribution is -0.141. The maximum atomic E-state index is 11.5. The maximum absolute atomic E-state index is 11.5. The van der Waals surface area contributed by atoms with Crippen molar-refractivity contribution in [2.75, 3.05) is 13.1 Å². The number of hydrogen-bond donors (Lipinski definition) is 4. The molecule has 7 heteroatoms. The van der Waals surface area contributed by atoms with Gasteiger partial charge in [0.25, 0.3) is 0 Å². The quantitative estimate of drug-likeness (QED) is 0.410. The first-order valence-electron chi connectivity index (χ1n) is 4.54. The third-order valence-electron chi connectivity index (χ3n) is 2.28. The van der Waals surface area contributed by atoms with Crippen LogP contribution in [0.15, 0.2) is 0 Å². The van der Waals surface area contributed by atoms with E-state index in [2.05, 4.69) is 0 Å². The molecule has 1 rings (SSSR count). The third kappa shape index (κ3) is 2.88. The molecule has 1 amide bonds. The van der Waals surface area contributed by atoms with E-state index >= 15 is 0 Å². The summed E-state index contributed by atoms with van der Waals surface area (Å²) in [6, 6.07) is -1.13. The number of carbonyl (C=O) groups excluding carboxylic acids is 1. The van der Waals surface area contributed by atoms with Gasteiger partial charge in [0, 0.05) is 13.1 Å². The zero-order chi connectivity index (χ0) is 11.6. The molecular weight excluding hydrogens is 204 g/mol. The molecule has 86 valence electrons. The van der Waals surface area contributed by atoms with Crippen molar-refractivity contribution >= 4 is 11.9 Å². The molecule has 0 bridgehead atoms. The van der Waals surface area contributed by atoms with E-state index in [-0.39, 0.29) is 13.1 Å². The van der Waals surface area contributed by atoms with Crippen molar-refractivity contribution in [1.29, 1.82) is 0 Å². The number of aliphatic carboxylic acids is 1. The second kappa shape index (κ2) is 4.56. The molecule has 0 aromatic heterocycles. The SMILES string of the molecule is NC(CC(=O)O)C(=O)N1C[C@@H](O)[C@@H](O)C1. The van der Waals surface area contributed by atoms with E-state index in [1.54, 1.807) is 0 Å². The number of nitrogens with two attached hydrogens (primary N) is 1. The largest absolute Gasteiger partial charge is 0.481 e. The number of amides is 1. The molecular formula is C8H14N2O5. The van der Waals surface area contributed by atoms with Gasteiger partial charge in [-0.05, 0) is 0 Å². The summed E-state index contributed by atoms with van der Waals surface area (Å²) in [5.74, 6) is -1.72. The minimum atomic E-state index is -1.16. The van der Waals surface area contributed by atoms with E-state index in [0.29, 0.717) is 0 Å². The molecule has 0 aromatic carbocycles. The molecule has 1 unspecified atom stereocenters. The van der Waals surface area contributed by atoms with Crippen LogP contribution in [0, 0.1) is 0 Å². The molecule has 1 aliphatic rings. The Morgan fingerprint density at radius 1 is 1.33 bits per heavy atom. The summed E-state index contributed by atoms with van der Waals surface area (Å²) in [5.41, 5.74) is 5.35. The summed E-state index contributed by atoms with van der Waals surface area (Å²) in [5, 5.41) is 26.8. The number of nitrogens with zero attached hydrogens (tertiary/aromatic N) is 1. The number of rotatable bonds is 3. The number of carboxylic acid groups (broad SMARTS) is 1. The molecule has 1 heterocycles. The number of carboxylic acids is 1. The standard InChI is InChI=1S/C8H14N2O5/c9-4(1-7(13)14)8(15)10-2-5(11)6(12)3-10/h4-6,11-12H,1-3,9H2,(H,13,14)/t4?,5-,6+. The summed E-state index contributed by atoms with van der Waals surface area (Å²) in [6.45, 7) is -0.0133. The van der Waals surface area contributed by atoms with Crippen LogP contribution in [0.5, 0.6) is 0 Å². The zero-order valence-corrected chi connectivity index (χ0v) is 8.04. The highest BCUT2D eigenvalue weighted by molar-refractivity contribution is 5.86. The Hall–Kier alpha value is -1.18. The Bertz CT molecular complexity index is 260. The molecule has 0 aliphatic carbocycles. The highest BCUT2D eigenvalue weighted by Crippen LogP contribution is 2.11. The average molecular weight is 218 g/mol. The van der Waals surface area contributed by atoms with Crippen molar-refractivity contribution in [2.24, 2.45) is 5.73 Å². The van der Waals surface area contributed by atoms with Crippen LogP contribution in [0.25, 0.3) is 0 Å². The van der Waals surface area contributed by atoms with E-state index in [0.717, 1.165) is 0 Å². The molecule has 15 heavy (non-hydrogen) atoms. The van der Waals surface area contributed by atoms with Crippen molar-refractivity contribution in [3.05, 3.63) is 0 Å². The zero-order valence-electron chi connectivity index (χ0n) is 8.04. The molecule has 7 nitrogen and oxygen atoms in total. The highest BCUT2D eigenvalue weighted by atomic mass is 16.4. The highest BCUT2D eigenvalue weighted by Gasteiger charge is 2.34. The molecule has 0 spiro atoms. The van der Waals surface area contributed by atoms with Crippen molar-refractivity contribution < 1.29 is 24.9 Å². The monoisotopic (exact) mass is 218 g/mol. The van der Waals surface area contributed by atoms with Gasteiger partial charge in [-0.15, -0.1) is 0 Å². The van der Waals surface area contributed by atoms with Crippen LogP contribution in [0.4, 0.5) is 0 Å². The Morgan fingerprint density at radius 3 is 2.20 bits per heavy atom. The first-order chi connectivity index (χ1) is 6.91. The van der Waals surface area contributed by atoms with Gasteiger partial charge in [0.05, 0.1) is 24.7 Å². The molecule has 0 aromatic rings. The van der Waals surface area contributed by atoms with E-state index in [9.17, 15) is 19.8 Å². The first kappa shape index (κ1) is 11.9. The molecule has 0 saturated carbocycles. The Balaban J connectivity index is 2.51. The number of carbonyl (C=O) groups is 2. The lowest BCUT2D eigenvalue weighted by Gasteiger charge is -2.18. The second-order valence-electron chi connectivity index (χ2n) is 3.58. The first-order valence-corrected chi connectivity index (χ1v) is 4.54. The molecule has 3 atom stereocenters. The van der Waals surface area contributed by atoms with Crippen LogP contribution in [0.2, 0.25) is 0 Å². The summed E-state index contributed by atoms with van der Waals surface area (Å²) in [6.07, 6.45) is -2.42. The van der Waals surface area contributed by atoms with Crippen molar-refractivity contribution in [1.82, 2.24) is 4.90 Å². The van der Waals surface area contributed by atoms with E-state index in [4.69, 9.17) is 10.8 Å². The second-order valence-corrected chi connectivity index (χ2v) is 3.58. The molecule has 1 fully saturated rings. The van der Waals surface area contributed by atoms with Crippen molar-refractivity contribution in [2.45, 2.75) is 24.7 Å². The van der Waals surface area contributed by atoms with E-state index in [1.165, 1.54) is 4.90 Å². The Morgan fingerprint density at radius 2 is 1.80 bits per heavy atom. The number of β-amino-alcohol motifs (C(OH)–C–C–N with tert-alkyl or cyclic N) is 2. The van der Waals surface area contributed by atoms with Gasteiger partial charge in [-0.3, -0.25) is 9.59 Å². The topological polar surface area (TPSA) is 124 Å². The fourth-order valence-corrected chi connectivity index (χ4v) is 1.46. The van der Waals surface area contributed by atoms with E-state index < -0.39 is 36.5 Å². The summed E-state index contributed by atoms with van der Waals surface area (Å²) in [7, 11) is 0. The maximum Gasteiger partial charge on any atom is 0.305 e. The summed E-state index contributed by atoms with van der Waals surface area (Å²) >= 11 is 0. The Labute approximate surface area is 86.1 Å². The minimum absolute atomic E-state index is 0.00663. The Kier molecular flexibility index (Phi) is 3.61. The van der Waals surface area contributed by atoms with Crippen LogP contribution in [0.1, 0.15) is 6.42 Å². The third-order valence-corrected chi connectivity index (χ3v) is 2.28. The number of aliphatic hydroxyl groups excluding tert-OH is 2. The van der Waals surface area contributed by atoms with E-state index in [1.807, 2.05) is 0 Å². The fourth-order valence-electron chi connectivity index (χ4n) is 1.46. The molecule has 1 aliphatic heterocycles. The van der Waals surface area contributed by atoms with Crippen LogP contribution in [-0.4, -0.2) is 63.4 Å². The normalized spacial score (nSPS) is 27.8. The predicted octanol–water partition coefficient (Wildman–Crippen LogP) is -2.65. The van der Waals surface area contributed by atoms with Gasteiger partial charge in [0.1, 0.15) is 0 Å². The van der Waals surface area contributed by atoms with Crippen LogP contribution in [-0.2, 0) is 9.59 Å². The van der Waals surface area contributed by atoms with Gasteiger partial charge in [-0.1, -0.05) is 0 Å². The number of aliphatic hydroxyl groups is 2. The van der Waals surface area contributed by atoms with Gasteiger partial charge in [0.2, 0.25) is 5.91 Å². The number of hydrogen-bond acceptors (Lipinski definition) is 5. The van der Waals surface area contributed by atoms with Gasteiger partial charge in [-0.2, -0.15) is 0 Å². The lowest BCUT2D eigenvalue weighted by atomic mass is 10.2. The smallest absolute Gasteiger partial charge is 0.305 e. The molecule has 1 saturated heterocycles. The van der Waals surface area contributed by atoms with Crippen LogP contribution >= 0.6 is 0 Å². The molecule has 0 radical (unpaired) electrons. The van der Waals surface area contributed by atoms with Crippen molar-refractivity contribution in [3.63, 3.8) is 0 Å². The van der Waals surface area contributed by atoms with Gasteiger partial charge in [-0.25, -0.2) is 0 Å². The van der Waals surface area contributed by atoms with Crippen LogP contribution in [0.3, 0.4) is 0 Å². The average Bonchev–Trinajstić information content (AvgIpc) is 2.44. The van der Waals surface area contributed by atoms with Gasteiger partial charge in [0.15, 0.2) is 0 Å². The minimum Gasteiger partial charge on any atom is -0.481 e. The molecule has 5 N–H and O–H groups in total. The number of likely N-dealkylation sites (tertiary alicyclic amines) is 1. The van der Waals surface area contributed by atoms with Gasteiger partial charge < -0.3 is 26.0 Å². The fraction of sp³-hybridized carbons (Fsp3) is 0.750.